The second-order valence-corrected chi connectivity index (χ2v) is 7.74. The Hall–Kier alpha value is -1.43. The molecule has 1 aromatic carbocycles. The third kappa shape index (κ3) is 5.53. The maximum absolute atomic E-state index is 12.6. The zero-order chi connectivity index (χ0) is 18.4. The SMILES string of the molecule is CC(C)N1CCO[C@@H](CC(=O)N2CCN(CCc3ccccc3)CC2)C1. The quantitative estimate of drug-likeness (QED) is 0.777. The van der Waals surface area contributed by atoms with Gasteiger partial charge in [-0.05, 0) is 25.8 Å². The average Bonchev–Trinajstić information content (AvgIpc) is 2.68. The number of benzene rings is 1. The smallest absolute Gasteiger partial charge is 0.225 e. The van der Waals surface area contributed by atoms with E-state index in [1.165, 1.54) is 5.56 Å². The van der Waals surface area contributed by atoms with E-state index in [4.69, 9.17) is 4.74 Å². The van der Waals surface area contributed by atoms with Crippen molar-refractivity contribution in [2.45, 2.75) is 38.8 Å². The molecule has 3 rings (SSSR count). The van der Waals surface area contributed by atoms with E-state index in [-0.39, 0.29) is 12.0 Å². The van der Waals surface area contributed by atoms with Gasteiger partial charge in [-0.15, -0.1) is 0 Å². The van der Waals surface area contributed by atoms with Crippen LogP contribution in [0.25, 0.3) is 0 Å². The van der Waals surface area contributed by atoms with E-state index in [1.807, 2.05) is 4.90 Å². The Morgan fingerprint density at radius 1 is 1.12 bits per heavy atom. The van der Waals surface area contributed by atoms with Crippen LogP contribution >= 0.6 is 0 Å². The van der Waals surface area contributed by atoms with Gasteiger partial charge < -0.3 is 9.64 Å². The van der Waals surface area contributed by atoms with Gasteiger partial charge in [0.05, 0.1) is 19.1 Å². The highest BCUT2D eigenvalue weighted by molar-refractivity contribution is 5.76. The van der Waals surface area contributed by atoms with Crippen LogP contribution in [0.15, 0.2) is 30.3 Å². The lowest BCUT2D eigenvalue weighted by Crippen LogP contribution is -2.51. The van der Waals surface area contributed by atoms with Crippen LogP contribution in [0, 0.1) is 0 Å². The predicted molar refractivity (Wildman–Crippen MR) is 104 cm³/mol. The molecule has 1 aromatic rings. The molecule has 2 fully saturated rings. The molecule has 0 spiro atoms. The van der Waals surface area contributed by atoms with E-state index in [0.717, 1.165) is 58.8 Å². The van der Waals surface area contributed by atoms with Gasteiger partial charge in [-0.1, -0.05) is 30.3 Å². The number of carbonyl (C=O) groups excluding carboxylic acids is 1. The lowest BCUT2D eigenvalue weighted by Gasteiger charge is -2.38. The summed E-state index contributed by atoms with van der Waals surface area (Å²) in [5, 5.41) is 0. The molecule has 0 N–H and O–H groups in total. The molecule has 26 heavy (non-hydrogen) atoms. The normalized spacial score (nSPS) is 22.7. The third-order valence-corrected chi connectivity index (χ3v) is 5.59. The van der Waals surface area contributed by atoms with Gasteiger partial charge in [-0.2, -0.15) is 0 Å². The Morgan fingerprint density at radius 3 is 2.54 bits per heavy atom. The summed E-state index contributed by atoms with van der Waals surface area (Å²) >= 11 is 0. The minimum absolute atomic E-state index is 0.0507. The molecule has 0 radical (unpaired) electrons. The molecule has 0 aliphatic carbocycles. The summed E-state index contributed by atoms with van der Waals surface area (Å²) in [5.41, 5.74) is 1.38. The summed E-state index contributed by atoms with van der Waals surface area (Å²) < 4.78 is 5.83. The Kier molecular flexibility index (Phi) is 7.06. The van der Waals surface area contributed by atoms with Gasteiger partial charge in [0.25, 0.3) is 0 Å². The summed E-state index contributed by atoms with van der Waals surface area (Å²) in [6.45, 7) is 11.7. The Morgan fingerprint density at radius 2 is 1.85 bits per heavy atom. The van der Waals surface area contributed by atoms with Gasteiger partial charge in [0.15, 0.2) is 0 Å². The second kappa shape index (κ2) is 9.49. The molecular formula is C21H33N3O2. The maximum atomic E-state index is 12.6. The molecule has 0 unspecified atom stereocenters. The largest absolute Gasteiger partial charge is 0.375 e. The monoisotopic (exact) mass is 359 g/mol. The number of piperazine rings is 1. The first-order valence-corrected chi connectivity index (χ1v) is 10.0. The zero-order valence-electron chi connectivity index (χ0n) is 16.3. The lowest BCUT2D eigenvalue weighted by atomic mass is 10.1. The molecule has 5 nitrogen and oxygen atoms in total. The van der Waals surface area contributed by atoms with Crippen molar-refractivity contribution in [3.05, 3.63) is 35.9 Å². The molecule has 0 aromatic heterocycles. The fraction of sp³-hybridized carbons (Fsp3) is 0.667. The molecule has 1 atom stereocenters. The number of hydrogen-bond acceptors (Lipinski definition) is 4. The highest BCUT2D eigenvalue weighted by Gasteiger charge is 2.27. The highest BCUT2D eigenvalue weighted by atomic mass is 16.5. The van der Waals surface area contributed by atoms with Crippen molar-refractivity contribution in [3.63, 3.8) is 0 Å². The first-order valence-electron chi connectivity index (χ1n) is 10.0. The van der Waals surface area contributed by atoms with Gasteiger partial charge in [0.1, 0.15) is 0 Å². The van der Waals surface area contributed by atoms with E-state index in [0.29, 0.717) is 12.5 Å². The number of ether oxygens (including phenoxy) is 1. The second-order valence-electron chi connectivity index (χ2n) is 7.74. The zero-order valence-corrected chi connectivity index (χ0v) is 16.3. The standard InChI is InChI=1S/C21H33N3O2/c1-18(2)24-14-15-26-20(17-24)16-21(25)23-12-10-22(11-13-23)9-8-19-6-4-3-5-7-19/h3-7,18,20H,8-17H2,1-2H3/t20-/m0/s1. The molecule has 2 saturated heterocycles. The highest BCUT2D eigenvalue weighted by Crippen LogP contribution is 2.14. The number of hydrogen-bond donors (Lipinski definition) is 0. The minimum atomic E-state index is 0.0507. The van der Waals surface area contributed by atoms with Crippen LogP contribution in [0.5, 0.6) is 0 Å². The van der Waals surface area contributed by atoms with Crippen molar-refractivity contribution in [2.24, 2.45) is 0 Å². The van der Waals surface area contributed by atoms with Crippen molar-refractivity contribution in [3.8, 4) is 0 Å². The van der Waals surface area contributed by atoms with E-state index in [9.17, 15) is 4.79 Å². The van der Waals surface area contributed by atoms with Crippen LogP contribution < -0.4 is 0 Å². The first-order chi connectivity index (χ1) is 12.6. The van der Waals surface area contributed by atoms with E-state index >= 15 is 0 Å². The Balaban J connectivity index is 1.38. The van der Waals surface area contributed by atoms with Gasteiger partial charge in [0, 0.05) is 51.9 Å². The third-order valence-electron chi connectivity index (χ3n) is 5.59. The molecule has 2 heterocycles. The van der Waals surface area contributed by atoms with E-state index in [1.54, 1.807) is 0 Å². The van der Waals surface area contributed by atoms with Crippen LogP contribution in [0.1, 0.15) is 25.8 Å². The van der Waals surface area contributed by atoms with Crippen molar-refractivity contribution >= 4 is 5.91 Å². The summed E-state index contributed by atoms with van der Waals surface area (Å²) in [6, 6.07) is 11.1. The maximum Gasteiger partial charge on any atom is 0.225 e. The van der Waals surface area contributed by atoms with E-state index < -0.39 is 0 Å². The van der Waals surface area contributed by atoms with Crippen LogP contribution in [0.3, 0.4) is 0 Å². The van der Waals surface area contributed by atoms with Gasteiger partial charge in [-0.3, -0.25) is 14.6 Å². The van der Waals surface area contributed by atoms with Crippen LogP contribution in [0.4, 0.5) is 0 Å². The summed E-state index contributed by atoms with van der Waals surface area (Å²) in [7, 11) is 0. The lowest BCUT2D eigenvalue weighted by molar-refractivity contribution is -0.138. The summed E-state index contributed by atoms with van der Waals surface area (Å²) in [4.78, 5) is 19.5. The number of nitrogens with zero attached hydrogens (tertiary/aromatic N) is 3. The molecule has 144 valence electrons. The number of amides is 1. The van der Waals surface area contributed by atoms with Crippen molar-refractivity contribution in [1.29, 1.82) is 0 Å². The van der Waals surface area contributed by atoms with Crippen LogP contribution in [-0.4, -0.2) is 85.2 Å². The van der Waals surface area contributed by atoms with Crippen molar-refractivity contribution in [1.82, 2.24) is 14.7 Å². The van der Waals surface area contributed by atoms with Crippen molar-refractivity contribution in [2.75, 3.05) is 52.4 Å². The molecule has 2 aliphatic rings. The van der Waals surface area contributed by atoms with Gasteiger partial charge in [-0.25, -0.2) is 0 Å². The molecule has 2 aliphatic heterocycles. The average molecular weight is 360 g/mol. The van der Waals surface area contributed by atoms with E-state index in [2.05, 4.69) is 54.0 Å². The number of morpholine rings is 1. The fourth-order valence-electron chi connectivity index (χ4n) is 3.81. The molecular weight excluding hydrogens is 326 g/mol. The molecule has 0 bridgehead atoms. The summed E-state index contributed by atoms with van der Waals surface area (Å²) in [6.07, 6.45) is 1.65. The number of carbonyl (C=O) groups is 1. The minimum Gasteiger partial charge on any atom is -0.375 e. The van der Waals surface area contributed by atoms with Gasteiger partial charge in [0.2, 0.25) is 5.91 Å². The molecule has 1 amide bonds. The number of rotatable bonds is 6. The van der Waals surface area contributed by atoms with Gasteiger partial charge >= 0.3 is 0 Å². The van der Waals surface area contributed by atoms with Crippen LogP contribution in [-0.2, 0) is 16.0 Å². The van der Waals surface area contributed by atoms with Crippen molar-refractivity contribution < 1.29 is 9.53 Å². The first kappa shape index (κ1) is 19.3. The fourth-order valence-corrected chi connectivity index (χ4v) is 3.81. The molecule has 0 saturated carbocycles. The van der Waals surface area contributed by atoms with Crippen LogP contribution in [0.2, 0.25) is 0 Å². The Labute approximate surface area is 157 Å². The topological polar surface area (TPSA) is 36.0 Å². The molecule has 5 heteroatoms. The predicted octanol–water partition coefficient (Wildman–Crippen LogP) is 1.87. The summed E-state index contributed by atoms with van der Waals surface area (Å²) in [5.74, 6) is 0.253. The Bertz CT molecular complexity index is 556.